The Kier molecular flexibility index (Phi) is 23.2. The van der Waals surface area contributed by atoms with Gasteiger partial charge in [-0.15, -0.1) is 0 Å². The number of carbonyl (C=O) groups excluding carboxylic acids is 10. The summed E-state index contributed by atoms with van der Waals surface area (Å²) in [5.74, 6) is -12.4. The van der Waals surface area contributed by atoms with Gasteiger partial charge in [0.2, 0.25) is 29.5 Å². The maximum atomic E-state index is 15.0. The Balaban J connectivity index is 2.93. The average molecular weight is 1040 g/mol. The number of carbonyl (C=O) groups is 10. The normalized spacial score (nSPS) is 24.7. The number of amides is 7. The molecule has 0 aromatic heterocycles. The van der Waals surface area contributed by atoms with Crippen molar-refractivity contribution in [1.29, 1.82) is 0 Å². The summed E-state index contributed by atoms with van der Waals surface area (Å²) < 4.78 is 39.8. The van der Waals surface area contributed by atoms with Gasteiger partial charge >= 0.3 is 25.7 Å². The molecule has 26 heteroatoms. The molecule has 11 atom stereocenters. The Bertz CT molecular complexity index is 2220. The third kappa shape index (κ3) is 17.2. The molecule has 6 N–H and O–H groups in total. The molecular weight excluding hydrogens is 970 g/mol. The topological polar surface area (TPSA) is 332 Å². The van der Waals surface area contributed by atoms with Crippen LogP contribution in [-0.4, -0.2) is 179 Å². The van der Waals surface area contributed by atoms with Crippen molar-refractivity contribution < 1.29 is 85.8 Å². The van der Waals surface area contributed by atoms with E-state index < -0.39 is 151 Å². The number of ether oxygens (including phenoxy) is 4. The number of methoxy groups -OCH3 is 1. The second-order valence-electron chi connectivity index (χ2n) is 18.0. The summed E-state index contributed by atoms with van der Waals surface area (Å²) in [6.45, 7) is 16.7. The monoisotopic (exact) mass is 1040 g/mol. The molecule has 1 aliphatic heterocycles. The van der Waals surface area contributed by atoms with Crippen molar-refractivity contribution in [3.05, 3.63) is 48.2 Å². The van der Waals surface area contributed by atoms with E-state index in [-0.39, 0.29) is 6.42 Å². The van der Waals surface area contributed by atoms with Crippen molar-refractivity contribution in [2.75, 3.05) is 28.3 Å². The second-order valence-corrected chi connectivity index (χ2v) is 19.2. The first-order valence-electron chi connectivity index (χ1n) is 22.8. The molecular formula is C46H70N7O18P. The zero-order valence-electron chi connectivity index (χ0n) is 43.0. The van der Waals surface area contributed by atoms with E-state index in [2.05, 4.69) is 27.8 Å². The third-order valence-electron chi connectivity index (χ3n) is 11.7. The van der Waals surface area contributed by atoms with Crippen LogP contribution in [0.3, 0.4) is 0 Å². The minimum atomic E-state index is -5.32. The van der Waals surface area contributed by atoms with E-state index >= 15 is 4.79 Å². The zero-order valence-corrected chi connectivity index (χ0v) is 43.9. The molecule has 1 heterocycles. The Labute approximate surface area is 418 Å². The number of nitrogens with zero attached hydrogens (tertiary/aromatic N) is 3. The fourth-order valence-corrected chi connectivity index (χ4v) is 8.05. The van der Waals surface area contributed by atoms with E-state index in [0.29, 0.717) is 5.56 Å². The van der Waals surface area contributed by atoms with Crippen LogP contribution in [0, 0.1) is 11.8 Å². The number of hydrogen-bond acceptors (Lipinski definition) is 16. The van der Waals surface area contributed by atoms with E-state index in [1.807, 2.05) is 0 Å². The van der Waals surface area contributed by atoms with Gasteiger partial charge in [0.1, 0.15) is 42.1 Å². The van der Waals surface area contributed by atoms with E-state index in [1.165, 1.54) is 76.6 Å². The Morgan fingerprint density at radius 1 is 0.819 bits per heavy atom. The smallest absolute Gasteiger partial charge is 0.458 e. The minimum absolute atomic E-state index is 0.257. The quantitative estimate of drug-likeness (QED) is 0.0590. The van der Waals surface area contributed by atoms with Crippen molar-refractivity contribution in [2.24, 2.45) is 11.8 Å². The molecule has 1 saturated heterocycles. The minimum Gasteiger partial charge on any atom is -0.458 e. The average Bonchev–Trinajstić information content (AvgIpc) is 3.29. The number of cyclic esters (lactones) is 2. The fourth-order valence-electron chi connectivity index (χ4n) is 7.37. The molecule has 7 amide bonds. The Morgan fingerprint density at radius 3 is 1.90 bits per heavy atom. The lowest BCUT2D eigenvalue weighted by Gasteiger charge is -2.38. The number of benzene rings is 1. The molecule has 72 heavy (non-hydrogen) atoms. The van der Waals surface area contributed by atoms with Gasteiger partial charge in [-0.2, -0.15) is 0 Å². The summed E-state index contributed by atoms with van der Waals surface area (Å²) in [5.41, 5.74) is -0.000490. The first-order valence-corrected chi connectivity index (χ1v) is 24.4. The van der Waals surface area contributed by atoms with Crippen LogP contribution in [-0.2, 0) is 82.4 Å². The number of rotatable bonds is 14. The predicted octanol–water partition coefficient (Wildman–Crippen LogP) is -0.532. The second kappa shape index (κ2) is 27.0. The van der Waals surface area contributed by atoms with Crippen molar-refractivity contribution in [3.8, 4) is 0 Å². The predicted molar refractivity (Wildman–Crippen MR) is 254 cm³/mol. The van der Waals surface area contributed by atoms with Gasteiger partial charge in [0.25, 0.3) is 11.8 Å². The summed E-state index contributed by atoms with van der Waals surface area (Å²) in [7, 11) is -0.644. The lowest BCUT2D eigenvalue weighted by molar-refractivity contribution is -0.174. The van der Waals surface area contributed by atoms with Crippen LogP contribution in [0.25, 0.3) is 0 Å². The van der Waals surface area contributed by atoms with E-state index in [1.54, 1.807) is 30.3 Å². The highest BCUT2D eigenvalue weighted by Crippen LogP contribution is 2.40. The molecule has 25 nitrogen and oxygen atoms in total. The van der Waals surface area contributed by atoms with Crippen molar-refractivity contribution >= 4 is 67.1 Å². The van der Waals surface area contributed by atoms with Crippen LogP contribution in [0.5, 0.6) is 0 Å². The molecule has 2 rings (SSSR count). The molecule has 0 aliphatic carbocycles. The summed E-state index contributed by atoms with van der Waals surface area (Å²) in [5, 5.41) is 9.54. The standard InChI is InChI=1S/C46H70N7O18P/c1-22(2)37(70-45(62)35(49-30(11)55)38(23(3)4)71-72(64,65)66)34-43(60)53(14)36(28(9)67-15)46(63)68-27(8)33(48-29(10)54)44(61)69-32(21-31-19-17-16-18-20-31)42(59)52(13)25(6)39(56)47-24(5)41(58)51(12)26(7)40(57)50-34/h16-20,22-24,26-28,32-38H,6,21H2,1-5,7-15H3,(H,47,56)(H,48,54)(H,49,55)(H,50,57)(H2,64,65,66)/t24-,26-,27+,28+,32+,33-,34-,35-,36-,37+,38+/m0/s1. The summed E-state index contributed by atoms with van der Waals surface area (Å²) in [6.07, 6.45) is -8.26. The van der Waals surface area contributed by atoms with Crippen LogP contribution in [0.2, 0.25) is 0 Å². The lowest BCUT2D eigenvalue weighted by atomic mass is 9.95. The van der Waals surface area contributed by atoms with Crippen LogP contribution in [0.4, 0.5) is 0 Å². The first-order chi connectivity index (χ1) is 33.2. The molecule has 0 radical (unpaired) electrons. The van der Waals surface area contributed by atoms with Gasteiger partial charge in [0, 0.05) is 48.5 Å². The molecule has 1 fully saturated rings. The van der Waals surface area contributed by atoms with E-state index in [9.17, 15) is 57.5 Å². The van der Waals surface area contributed by atoms with E-state index in [0.717, 1.165) is 35.6 Å². The summed E-state index contributed by atoms with van der Waals surface area (Å²) >= 11 is 0. The molecule has 0 bridgehead atoms. The largest absolute Gasteiger partial charge is 0.469 e. The highest BCUT2D eigenvalue weighted by atomic mass is 31.2. The van der Waals surface area contributed by atoms with Gasteiger partial charge in [0.15, 0.2) is 24.2 Å². The molecule has 0 spiro atoms. The molecule has 0 saturated carbocycles. The van der Waals surface area contributed by atoms with Crippen molar-refractivity contribution in [1.82, 2.24) is 36.0 Å². The van der Waals surface area contributed by atoms with Crippen LogP contribution in [0.1, 0.15) is 74.8 Å². The highest BCUT2D eigenvalue weighted by Gasteiger charge is 2.47. The van der Waals surface area contributed by atoms with Gasteiger partial charge in [0.05, 0.1) is 6.10 Å². The van der Waals surface area contributed by atoms with Gasteiger partial charge < -0.3 is 64.7 Å². The maximum absolute atomic E-state index is 15.0. The molecule has 402 valence electrons. The van der Waals surface area contributed by atoms with E-state index in [4.69, 9.17) is 23.5 Å². The number of likely N-dealkylation sites (N-methyl/N-ethyl adjacent to an activating group) is 3. The number of phosphoric acid groups is 1. The summed E-state index contributed by atoms with van der Waals surface area (Å²) in [4.78, 5) is 160. The van der Waals surface area contributed by atoms with Gasteiger partial charge in [-0.05, 0) is 45.1 Å². The van der Waals surface area contributed by atoms with Crippen molar-refractivity contribution in [2.45, 2.75) is 142 Å². The summed E-state index contributed by atoms with van der Waals surface area (Å²) in [6, 6.07) is -2.06. The fraction of sp³-hybridized carbons (Fsp3) is 0.609. The van der Waals surface area contributed by atoms with Crippen LogP contribution in [0.15, 0.2) is 42.6 Å². The van der Waals surface area contributed by atoms with Gasteiger partial charge in [-0.3, -0.25) is 38.1 Å². The number of esters is 3. The molecule has 1 aromatic carbocycles. The number of hydrogen-bond donors (Lipinski definition) is 6. The zero-order chi connectivity index (χ0) is 55.3. The first kappa shape index (κ1) is 61.8. The highest BCUT2D eigenvalue weighted by molar-refractivity contribution is 7.46. The van der Waals surface area contributed by atoms with Gasteiger partial charge in [-0.25, -0.2) is 18.9 Å². The van der Waals surface area contributed by atoms with Gasteiger partial charge in [-0.1, -0.05) is 64.6 Å². The van der Waals surface area contributed by atoms with Crippen LogP contribution < -0.4 is 21.3 Å². The molecule has 0 unspecified atom stereocenters. The van der Waals surface area contributed by atoms with Crippen LogP contribution >= 0.6 is 7.82 Å². The number of nitrogens with one attached hydrogen (secondary N) is 4. The maximum Gasteiger partial charge on any atom is 0.469 e. The molecule has 1 aliphatic rings. The third-order valence-corrected chi connectivity index (χ3v) is 12.2. The lowest BCUT2D eigenvalue weighted by Crippen LogP contribution is -2.63. The molecule has 1 aromatic rings. The van der Waals surface area contributed by atoms with Crippen molar-refractivity contribution in [3.63, 3.8) is 0 Å². The Hall–Kier alpha value is -6.27. The SMILES string of the molecule is C=C1C(=O)N[C@@H](C)C(=O)N(C)[C@@H](C)C(=O)N[C@@H]([C@H](OC(=O)[C@@H](NC(C)=O)[C@H](OP(=O)(O)O)C(C)C)C(C)C)C(=O)N(C)[C@@H]([C@@H](C)OC)C(=O)O[C@H](C)[C@H](NC(C)=O)C(=O)O[C@H](Cc2ccccc2)C(=O)N1C. The Morgan fingerprint density at radius 2 is 1.40 bits per heavy atom. The number of phosphoric ester groups is 1.